The Hall–Kier alpha value is -1.61. The largest absolute Gasteiger partial charge is 0.381 e. The van der Waals surface area contributed by atoms with Crippen LogP contribution in [0.25, 0.3) is 10.9 Å². The number of nitrogens with zero attached hydrogens (tertiary/aromatic N) is 1. The first-order valence-electron chi connectivity index (χ1n) is 7.11. The number of fused-ring (bicyclic) bond motifs is 1. The molecule has 1 aromatic heterocycles. The number of hydrogen-bond donors (Lipinski definition) is 2. The van der Waals surface area contributed by atoms with E-state index >= 15 is 0 Å². The first kappa shape index (κ1) is 12.4. The minimum absolute atomic E-state index is 0.509. The summed E-state index contributed by atoms with van der Waals surface area (Å²) in [7, 11) is 0. The highest BCUT2D eigenvalue weighted by Crippen LogP contribution is 2.30. The Labute approximate surface area is 114 Å². The molecular weight excluding hydrogens is 234 g/mol. The quantitative estimate of drug-likeness (QED) is 0.886. The van der Waals surface area contributed by atoms with Crippen LogP contribution in [0.15, 0.2) is 30.3 Å². The van der Waals surface area contributed by atoms with Gasteiger partial charge in [-0.1, -0.05) is 24.6 Å². The summed E-state index contributed by atoms with van der Waals surface area (Å²) in [6, 6.07) is 11.0. The minimum atomic E-state index is 0.509. The molecule has 3 rings (SSSR count). The molecule has 3 heteroatoms. The van der Waals surface area contributed by atoms with Crippen LogP contribution in [0.1, 0.15) is 25.0 Å². The van der Waals surface area contributed by atoms with Crippen LogP contribution >= 0.6 is 0 Å². The second-order valence-corrected chi connectivity index (χ2v) is 5.51. The van der Waals surface area contributed by atoms with Gasteiger partial charge in [0.05, 0.1) is 5.52 Å². The van der Waals surface area contributed by atoms with Crippen molar-refractivity contribution in [2.24, 2.45) is 11.7 Å². The Morgan fingerprint density at radius 3 is 3.00 bits per heavy atom. The standard InChI is InChI=1S/C16H21N3/c1-11-9-16(13-6-2-3-7-15(13)18-11)19-14-8-4-5-12(14)10-17/h2-3,6-7,9,12,14H,4-5,8,10,17H2,1H3,(H,18,19). The van der Waals surface area contributed by atoms with Crippen molar-refractivity contribution in [1.82, 2.24) is 4.98 Å². The van der Waals surface area contributed by atoms with Gasteiger partial charge in [0.15, 0.2) is 0 Å². The highest BCUT2D eigenvalue weighted by molar-refractivity contribution is 5.91. The molecule has 1 aliphatic rings. The maximum atomic E-state index is 5.87. The van der Waals surface area contributed by atoms with Crippen molar-refractivity contribution in [1.29, 1.82) is 0 Å². The number of aryl methyl sites for hydroxylation is 1. The van der Waals surface area contributed by atoms with Gasteiger partial charge in [0.25, 0.3) is 0 Å². The summed E-state index contributed by atoms with van der Waals surface area (Å²) in [6.07, 6.45) is 3.75. The van der Waals surface area contributed by atoms with Crippen LogP contribution in [0.5, 0.6) is 0 Å². The molecule has 100 valence electrons. The number of aromatic nitrogens is 1. The molecular formula is C16H21N3. The molecule has 19 heavy (non-hydrogen) atoms. The van der Waals surface area contributed by atoms with Crippen LogP contribution in [-0.2, 0) is 0 Å². The maximum Gasteiger partial charge on any atom is 0.0725 e. The second kappa shape index (κ2) is 5.17. The van der Waals surface area contributed by atoms with Gasteiger partial charge in [0, 0.05) is 22.8 Å². The minimum Gasteiger partial charge on any atom is -0.381 e. The summed E-state index contributed by atoms with van der Waals surface area (Å²) in [5.41, 5.74) is 9.19. The van der Waals surface area contributed by atoms with Gasteiger partial charge in [0.2, 0.25) is 0 Å². The van der Waals surface area contributed by atoms with Crippen LogP contribution in [-0.4, -0.2) is 17.6 Å². The van der Waals surface area contributed by atoms with E-state index in [0.29, 0.717) is 12.0 Å². The van der Waals surface area contributed by atoms with E-state index in [2.05, 4.69) is 34.6 Å². The summed E-state index contributed by atoms with van der Waals surface area (Å²) in [5, 5.41) is 4.91. The van der Waals surface area contributed by atoms with Gasteiger partial charge >= 0.3 is 0 Å². The molecule has 2 aromatic rings. The van der Waals surface area contributed by atoms with Gasteiger partial charge in [-0.2, -0.15) is 0 Å². The Balaban J connectivity index is 1.96. The SMILES string of the molecule is Cc1cc(NC2CCCC2CN)c2ccccc2n1. The first-order chi connectivity index (χ1) is 9.28. The summed E-state index contributed by atoms with van der Waals surface area (Å²) in [6.45, 7) is 2.83. The van der Waals surface area contributed by atoms with E-state index in [1.54, 1.807) is 0 Å². The van der Waals surface area contributed by atoms with Gasteiger partial charge in [0.1, 0.15) is 0 Å². The van der Waals surface area contributed by atoms with Crippen LogP contribution in [0.2, 0.25) is 0 Å². The predicted molar refractivity (Wildman–Crippen MR) is 80.3 cm³/mol. The van der Waals surface area contributed by atoms with Gasteiger partial charge in [-0.25, -0.2) is 0 Å². The molecule has 0 saturated heterocycles. The summed E-state index contributed by atoms with van der Waals surface area (Å²) < 4.78 is 0. The van der Waals surface area contributed by atoms with Crippen molar-refractivity contribution in [3.8, 4) is 0 Å². The van der Waals surface area contributed by atoms with Crippen molar-refractivity contribution >= 4 is 16.6 Å². The average molecular weight is 255 g/mol. The molecule has 1 aromatic carbocycles. The molecule has 3 nitrogen and oxygen atoms in total. The van der Waals surface area contributed by atoms with Crippen LogP contribution in [0.3, 0.4) is 0 Å². The van der Waals surface area contributed by atoms with Crippen LogP contribution < -0.4 is 11.1 Å². The molecule has 1 fully saturated rings. The van der Waals surface area contributed by atoms with E-state index in [1.165, 1.54) is 30.3 Å². The molecule has 0 bridgehead atoms. The Morgan fingerprint density at radius 2 is 2.16 bits per heavy atom. The van der Waals surface area contributed by atoms with Crippen LogP contribution in [0.4, 0.5) is 5.69 Å². The molecule has 2 unspecified atom stereocenters. The van der Waals surface area contributed by atoms with Gasteiger partial charge in [-0.15, -0.1) is 0 Å². The van der Waals surface area contributed by atoms with E-state index in [0.717, 1.165) is 17.8 Å². The van der Waals surface area contributed by atoms with Gasteiger partial charge in [-0.3, -0.25) is 4.98 Å². The Kier molecular flexibility index (Phi) is 3.38. The Bertz CT molecular complexity index is 579. The number of anilines is 1. The summed E-state index contributed by atoms with van der Waals surface area (Å²) >= 11 is 0. The summed E-state index contributed by atoms with van der Waals surface area (Å²) in [4.78, 5) is 4.59. The molecule has 0 aliphatic heterocycles. The van der Waals surface area contributed by atoms with Gasteiger partial charge < -0.3 is 11.1 Å². The fraction of sp³-hybridized carbons (Fsp3) is 0.438. The van der Waals surface area contributed by atoms with E-state index in [1.807, 2.05) is 13.0 Å². The highest BCUT2D eigenvalue weighted by atomic mass is 14.9. The second-order valence-electron chi connectivity index (χ2n) is 5.51. The third kappa shape index (κ3) is 2.43. The van der Waals surface area contributed by atoms with E-state index in [4.69, 9.17) is 5.73 Å². The highest BCUT2D eigenvalue weighted by Gasteiger charge is 2.26. The fourth-order valence-corrected chi connectivity index (χ4v) is 3.14. The number of nitrogens with one attached hydrogen (secondary N) is 1. The lowest BCUT2D eigenvalue weighted by atomic mass is 10.0. The predicted octanol–water partition coefficient (Wildman–Crippen LogP) is 3.08. The molecule has 3 N–H and O–H groups in total. The Morgan fingerprint density at radius 1 is 1.32 bits per heavy atom. The third-order valence-electron chi connectivity index (χ3n) is 4.15. The van der Waals surface area contributed by atoms with E-state index < -0.39 is 0 Å². The molecule has 0 amide bonds. The number of rotatable bonds is 3. The van der Waals surface area contributed by atoms with Crippen molar-refractivity contribution in [2.75, 3.05) is 11.9 Å². The van der Waals surface area contributed by atoms with Crippen LogP contribution in [0, 0.1) is 12.8 Å². The number of nitrogens with two attached hydrogens (primary N) is 1. The zero-order chi connectivity index (χ0) is 13.2. The zero-order valence-corrected chi connectivity index (χ0v) is 11.4. The molecule has 2 atom stereocenters. The van der Waals surface area contributed by atoms with E-state index in [9.17, 15) is 0 Å². The molecule has 1 aliphatic carbocycles. The molecule has 1 heterocycles. The maximum absolute atomic E-state index is 5.87. The lowest BCUT2D eigenvalue weighted by Crippen LogP contribution is -2.29. The number of hydrogen-bond acceptors (Lipinski definition) is 3. The monoisotopic (exact) mass is 255 g/mol. The normalized spacial score (nSPS) is 22.8. The summed E-state index contributed by atoms with van der Waals surface area (Å²) in [5.74, 6) is 0.604. The van der Waals surface area contributed by atoms with Gasteiger partial charge in [-0.05, 0) is 44.4 Å². The topological polar surface area (TPSA) is 50.9 Å². The lowest BCUT2D eigenvalue weighted by Gasteiger charge is -2.22. The van der Waals surface area contributed by atoms with Crippen molar-refractivity contribution in [3.63, 3.8) is 0 Å². The lowest BCUT2D eigenvalue weighted by molar-refractivity contribution is 0.517. The third-order valence-corrected chi connectivity index (χ3v) is 4.15. The zero-order valence-electron chi connectivity index (χ0n) is 11.4. The van der Waals surface area contributed by atoms with Crippen molar-refractivity contribution < 1.29 is 0 Å². The van der Waals surface area contributed by atoms with Crippen molar-refractivity contribution in [2.45, 2.75) is 32.2 Å². The molecule has 0 spiro atoms. The first-order valence-corrected chi connectivity index (χ1v) is 7.11. The molecule has 1 saturated carbocycles. The van der Waals surface area contributed by atoms with Crippen molar-refractivity contribution in [3.05, 3.63) is 36.0 Å². The molecule has 0 radical (unpaired) electrons. The fourth-order valence-electron chi connectivity index (χ4n) is 3.14. The number of pyridine rings is 1. The smallest absolute Gasteiger partial charge is 0.0725 e. The number of benzene rings is 1. The number of para-hydroxylation sites is 1. The van der Waals surface area contributed by atoms with E-state index in [-0.39, 0.29) is 0 Å². The average Bonchev–Trinajstić information content (AvgIpc) is 2.86.